The second-order valence-corrected chi connectivity index (χ2v) is 10.9. The number of benzene rings is 1. The summed E-state index contributed by atoms with van der Waals surface area (Å²) in [5.74, 6) is 1.15. The van der Waals surface area contributed by atoms with Crippen LogP contribution in [-0.2, 0) is 4.74 Å². The van der Waals surface area contributed by atoms with Gasteiger partial charge in [0, 0.05) is 56.8 Å². The molecule has 2 N–H and O–H groups in total. The second kappa shape index (κ2) is 10.4. The number of nitrogens with one attached hydrogen (secondary N) is 2. The van der Waals surface area contributed by atoms with Gasteiger partial charge in [0.1, 0.15) is 5.60 Å². The van der Waals surface area contributed by atoms with Crippen LogP contribution in [-0.4, -0.2) is 82.4 Å². The average molecular weight is 529 g/mol. The molecule has 198 valence electrons. The molecule has 0 spiro atoms. The molecule has 12 nitrogen and oxygen atoms in total. The van der Waals surface area contributed by atoms with E-state index in [1.54, 1.807) is 4.90 Å². The minimum absolute atomic E-state index is 0.0821. The van der Waals surface area contributed by atoms with Gasteiger partial charge >= 0.3 is 12.1 Å². The lowest BCUT2D eigenvalue weighted by atomic mass is 10.1. The first-order valence-electron chi connectivity index (χ1n) is 12.5. The van der Waals surface area contributed by atoms with Crippen LogP contribution in [0.2, 0.25) is 0 Å². The number of piperidine rings is 1. The van der Waals surface area contributed by atoms with Crippen LogP contribution < -0.4 is 20.4 Å². The Morgan fingerprint density at radius 2 is 1.78 bits per heavy atom. The summed E-state index contributed by atoms with van der Waals surface area (Å²) >= 11 is 1.37. The van der Waals surface area contributed by atoms with Gasteiger partial charge in [0.05, 0.1) is 5.39 Å². The van der Waals surface area contributed by atoms with Gasteiger partial charge in [0.2, 0.25) is 11.1 Å². The molecular weight excluding hydrogens is 496 g/mol. The number of carbonyl (C=O) groups is 2. The number of para-hydroxylation sites is 1. The number of carbonyl (C=O) groups excluding carboxylic acids is 2. The average Bonchev–Trinajstić information content (AvgIpc) is 3.52. The molecule has 4 heterocycles. The van der Waals surface area contributed by atoms with Crippen molar-refractivity contribution in [3.8, 4) is 0 Å². The molecular formula is C24H32N8O4S. The normalized spacial score (nSPS) is 17.2. The lowest BCUT2D eigenvalue weighted by Gasteiger charge is -2.34. The Hall–Kier alpha value is -3.61. The van der Waals surface area contributed by atoms with Gasteiger partial charge in [-0.3, -0.25) is 5.32 Å². The van der Waals surface area contributed by atoms with E-state index >= 15 is 0 Å². The summed E-state index contributed by atoms with van der Waals surface area (Å²) in [5, 5.41) is 11.4. The Kier molecular flexibility index (Phi) is 7.04. The number of amides is 3. The van der Waals surface area contributed by atoms with Gasteiger partial charge < -0.3 is 29.3 Å². The molecule has 0 aliphatic carbocycles. The molecule has 37 heavy (non-hydrogen) atoms. The van der Waals surface area contributed by atoms with Crippen molar-refractivity contribution in [2.75, 3.05) is 54.4 Å². The summed E-state index contributed by atoms with van der Waals surface area (Å²) in [6.07, 6.45) is 1.24. The number of nitrogens with zero attached hydrogens (tertiary/aromatic N) is 6. The maximum absolute atomic E-state index is 12.8. The van der Waals surface area contributed by atoms with Gasteiger partial charge in [0.25, 0.3) is 0 Å². The van der Waals surface area contributed by atoms with Crippen LogP contribution in [0.4, 0.5) is 26.5 Å². The van der Waals surface area contributed by atoms with Crippen molar-refractivity contribution in [2.24, 2.45) is 0 Å². The summed E-state index contributed by atoms with van der Waals surface area (Å²) in [4.78, 5) is 35.7. The molecule has 2 aromatic heterocycles. The van der Waals surface area contributed by atoms with E-state index in [-0.39, 0.29) is 18.2 Å². The lowest BCUT2D eigenvalue weighted by Crippen LogP contribution is -2.50. The molecule has 13 heteroatoms. The van der Waals surface area contributed by atoms with Gasteiger partial charge in [0.15, 0.2) is 11.4 Å². The molecule has 2 saturated heterocycles. The van der Waals surface area contributed by atoms with Gasteiger partial charge in [-0.2, -0.15) is 9.36 Å². The third kappa shape index (κ3) is 6.04. The van der Waals surface area contributed by atoms with Gasteiger partial charge in [-0.1, -0.05) is 17.3 Å². The van der Waals surface area contributed by atoms with E-state index in [9.17, 15) is 9.59 Å². The minimum atomic E-state index is -0.507. The molecule has 2 fully saturated rings. The first kappa shape index (κ1) is 25.1. The van der Waals surface area contributed by atoms with Crippen LogP contribution in [0.1, 0.15) is 33.6 Å². The van der Waals surface area contributed by atoms with Crippen molar-refractivity contribution in [1.29, 1.82) is 0 Å². The maximum atomic E-state index is 12.8. The first-order chi connectivity index (χ1) is 17.7. The predicted octanol–water partition coefficient (Wildman–Crippen LogP) is 3.53. The molecule has 0 atom stereocenters. The van der Waals surface area contributed by atoms with Crippen molar-refractivity contribution < 1.29 is 18.8 Å². The Morgan fingerprint density at radius 1 is 1.05 bits per heavy atom. The van der Waals surface area contributed by atoms with Crippen molar-refractivity contribution in [2.45, 2.75) is 45.3 Å². The third-order valence-corrected chi connectivity index (χ3v) is 7.11. The number of ether oxygens (including phenoxy) is 1. The number of aromatic nitrogens is 3. The molecule has 2 aliphatic rings. The van der Waals surface area contributed by atoms with Crippen molar-refractivity contribution in [1.82, 2.24) is 24.7 Å². The molecule has 3 aromatic rings. The lowest BCUT2D eigenvalue weighted by molar-refractivity contribution is 0.0497. The van der Waals surface area contributed by atoms with E-state index in [0.717, 1.165) is 36.4 Å². The van der Waals surface area contributed by atoms with Crippen LogP contribution in [0.15, 0.2) is 28.8 Å². The van der Waals surface area contributed by atoms with E-state index in [0.29, 0.717) is 43.5 Å². The molecule has 2 aliphatic heterocycles. The monoisotopic (exact) mass is 528 g/mol. The van der Waals surface area contributed by atoms with E-state index in [1.165, 1.54) is 11.5 Å². The number of rotatable bonds is 4. The second-order valence-electron chi connectivity index (χ2n) is 10.2. The number of fused-ring (bicyclic) bond motifs is 1. The molecule has 1 aromatic carbocycles. The van der Waals surface area contributed by atoms with Crippen LogP contribution >= 0.6 is 11.5 Å². The van der Waals surface area contributed by atoms with Crippen molar-refractivity contribution >= 4 is 51.5 Å². The largest absolute Gasteiger partial charge is 0.444 e. The van der Waals surface area contributed by atoms with Gasteiger partial charge in [-0.25, -0.2) is 9.59 Å². The zero-order valence-electron chi connectivity index (χ0n) is 21.3. The fourth-order valence-corrected chi connectivity index (χ4v) is 5.16. The third-order valence-electron chi connectivity index (χ3n) is 6.34. The fraction of sp³-hybridized carbons (Fsp3) is 0.542. The van der Waals surface area contributed by atoms with Crippen LogP contribution in [0.3, 0.4) is 0 Å². The van der Waals surface area contributed by atoms with E-state index < -0.39 is 5.60 Å². The number of hydrogen-bond donors (Lipinski definition) is 2. The maximum Gasteiger partial charge on any atom is 0.407 e. The molecule has 3 amide bonds. The summed E-state index contributed by atoms with van der Waals surface area (Å²) in [7, 11) is 0. The Bertz CT molecular complexity index is 1240. The number of anilines is 3. The molecule has 0 unspecified atom stereocenters. The molecule has 0 radical (unpaired) electrons. The summed E-state index contributed by atoms with van der Waals surface area (Å²) in [6.45, 7) is 9.58. The molecule has 0 bridgehead atoms. The summed E-state index contributed by atoms with van der Waals surface area (Å²) < 4.78 is 15.2. The van der Waals surface area contributed by atoms with E-state index in [2.05, 4.69) is 30.0 Å². The van der Waals surface area contributed by atoms with Crippen molar-refractivity contribution in [3.63, 3.8) is 0 Å². The fourth-order valence-electron chi connectivity index (χ4n) is 4.42. The Labute approximate surface area is 219 Å². The minimum Gasteiger partial charge on any atom is -0.444 e. The highest BCUT2D eigenvalue weighted by molar-refractivity contribution is 7.09. The topological polar surface area (TPSA) is 129 Å². The number of hydrogen-bond acceptors (Lipinski definition) is 10. The summed E-state index contributed by atoms with van der Waals surface area (Å²) in [6, 6.07) is 7.32. The standard InChI is InChI=1S/C24H32N8O4S/c1-24(2,3)35-23(34)25-16-8-10-30(11-9-16)20-27-22(37-29-20)32-14-12-31(13-15-32)21(33)26-19-17-6-4-5-7-18(17)36-28-19/h4-7,16H,8-15H2,1-3H3,(H,25,34)(H,26,28,33). The number of piperazine rings is 1. The first-order valence-corrected chi connectivity index (χ1v) is 13.3. The van der Waals surface area contributed by atoms with Crippen LogP contribution in [0.5, 0.6) is 0 Å². The molecule has 5 rings (SSSR count). The highest BCUT2D eigenvalue weighted by Crippen LogP contribution is 2.26. The highest BCUT2D eigenvalue weighted by Gasteiger charge is 2.28. The number of urea groups is 1. The molecule has 0 saturated carbocycles. The zero-order chi connectivity index (χ0) is 26.0. The Morgan fingerprint density at radius 3 is 2.51 bits per heavy atom. The highest BCUT2D eigenvalue weighted by atomic mass is 32.1. The van der Waals surface area contributed by atoms with Crippen LogP contribution in [0, 0.1) is 0 Å². The summed E-state index contributed by atoms with van der Waals surface area (Å²) in [5.41, 5.74) is 0.130. The van der Waals surface area contributed by atoms with Gasteiger partial charge in [-0.05, 0) is 45.7 Å². The van der Waals surface area contributed by atoms with Gasteiger partial charge in [-0.15, -0.1) is 0 Å². The smallest absolute Gasteiger partial charge is 0.407 e. The SMILES string of the molecule is CC(C)(C)OC(=O)NC1CCN(c2nsc(N3CCN(C(=O)Nc4noc5ccccc45)CC3)n2)CC1. The quantitative estimate of drug-likeness (QED) is 0.522. The van der Waals surface area contributed by atoms with E-state index in [1.807, 2.05) is 45.0 Å². The Balaban J connectivity index is 1.09. The van der Waals surface area contributed by atoms with E-state index in [4.69, 9.17) is 14.2 Å². The van der Waals surface area contributed by atoms with Crippen LogP contribution in [0.25, 0.3) is 11.0 Å². The van der Waals surface area contributed by atoms with Crippen molar-refractivity contribution in [3.05, 3.63) is 24.3 Å². The zero-order valence-corrected chi connectivity index (χ0v) is 22.1. The number of alkyl carbamates (subject to hydrolysis) is 1. The predicted molar refractivity (Wildman–Crippen MR) is 141 cm³/mol.